The number of alkyl halides is 3. The van der Waals surface area contributed by atoms with Crippen LogP contribution in [0.25, 0.3) is 0 Å². The van der Waals surface area contributed by atoms with Crippen molar-refractivity contribution < 1.29 is 18.0 Å². The molecule has 0 unspecified atom stereocenters. The summed E-state index contributed by atoms with van der Waals surface area (Å²) in [5.41, 5.74) is 3.46. The monoisotopic (exact) mass is 260 g/mol. The molecule has 2 N–H and O–H groups in total. The van der Waals surface area contributed by atoms with Crippen molar-refractivity contribution in [3.8, 4) is 6.07 Å². The Hall–Kier alpha value is -1.68. The van der Waals surface area contributed by atoms with Crippen molar-refractivity contribution in [2.45, 2.75) is 11.1 Å². The van der Waals surface area contributed by atoms with Gasteiger partial charge in [0.25, 0.3) is 0 Å². The third kappa shape index (κ3) is 3.67. The fourth-order valence-corrected chi connectivity index (χ4v) is 1.78. The van der Waals surface area contributed by atoms with Crippen molar-refractivity contribution in [1.29, 1.82) is 5.26 Å². The Balaban J connectivity index is 3.02. The van der Waals surface area contributed by atoms with Gasteiger partial charge in [-0.15, -0.1) is 11.8 Å². The highest BCUT2D eigenvalue weighted by molar-refractivity contribution is 8.00. The number of halogens is 3. The molecule has 0 heterocycles. The van der Waals surface area contributed by atoms with Gasteiger partial charge in [0.2, 0.25) is 5.91 Å². The number of carbonyl (C=O) groups excluding carboxylic acids is 1. The fourth-order valence-electron chi connectivity index (χ4n) is 1.11. The van der Waals surface area contributed by atoms with Gasteiger partial charge in [-0.1, -0.05) is 0 Å². The molecular formula is C10H7F3N2OS. The largest absolute Gasteiger partial charge is 0.417 e. The van der Waals surface area contributed by atoms with E-state index in [1.54, 1.807) is 0 Å². The van der Waals surface area contributed by atoms with Gasteiger partial charge in [-0.05, 0) is 18.2 Å². The Morgan fingerprint density at radius 2 is 2.12 bits per heavy atom. The van der Waals surface area contributed by atoms with E-state index < -0.39 is 23.2 Å². The van der Waals surface area contributed by atoms with Crippen LogP contribution in [0.3, 0.4) is 0 Å². The fraction of sp³-hybridized carbons (Fsp3) is 0.200. The van der Waals surface area contributed by atoms with E-state index in [0.717, 1.165) is 23.9 Å². The summed E-state index contributed by atoms with van der Waals surface area (Å²) in [6, 6.07) is 4.60. The van der Waals surface area contributed by atoms with Crippen LogP contribution in [0.5, 0.6) is 0 Å². The number of nitrogens with zero attached hydrogens (tertiary/aromatic N) is 1. The molecule has 7 heteroatoms. The number of rotatable bonds is 3. The SMILES string of the molecule is N#Cc1cc(SCC(N)=O)ccc1C(F)(F)F. The highest BCUT2D eigenvalue weighted by atomic mass is 32.2. The van der Waals surface area contributed by atoms with Gasteiger partial charge < -0.3 is 5.73 Å². The molecule has 90 valence electrons. The molecule has 0 spiro atoms. The van der Waals surface area contributed by atoms with Gasteiger partial charge in [0.05, 0.1) is 22.9 Å². The molecular weight excluding hydrogens is 253 g/mol. The van der Waals surface area contributed by atoms with E-state index in [1.165, 1.54) is 12.1 Å². The van der Waals surface area contributed by atoms with E-state index in [-0.39, 0.29) is 5.75 Å². The molecule has 0 bridgehead atoms. The third-order valence-corrected chi connectivity index (χ3v) is 2.81. The minimum absolute atomic E-state index is 0.0454. The zero-order valence-corrected chi connectivity index (χ0v) is 9.23. The molecule has 1 aromatic carbocycles. The van der Waals surface area contributed by atoms with Crippen molar-refractivity contribution >= 4 is 17.7 Å². The van der Waals surface area contributed by atoms with Gasteiger partial charge >= 0.3 is 6.18 Å². The number of benzene rings is 1. The van der Waals surface area contributed by atoms with Crippen LogP contribution in [0.2, 0.25) is 0 Å². The molecule has 3 nitrogen and oxygen atoms in total. The standard InChI is InChI=1S/C10H7F3N2OS/c11-10(12,13)8-2-1-7(3-6(8)4-14)17-5-9(15)16/h1-3H,5H2,(H2,15,16). The average Bonchev–Trinajstić information content (AvgIpc) is 2.24. The summed E-state index contributed by atoms with van der Waals surface area (Å²) in [5.74, 6) is -0.621. The second-order valence-electron chi connectivity index (χ2n) is 3.07. The maximum atomic E-state index is 12.4. The van der Waals surface area contributed by atoms with Crippen LogP contribution in [0.1, 0.15) is 11.1 Å². The quantitative estimate of drug-likeness (QED) is 0.847. The van der Waals surface area contributed by atoms with Crippen LogP contribution in [0.15, 0.2) is 23.1 Å². The Labute approximate surface area is 99.4 Å². The van der Waals surface area contributed by atoms with Gasteiger partial charge in [0.1, 0.15) is 0 Å². The van der Waals surface area contributed by atoms with Gasteiger partial charge in [-0.25, -0.2) is 0 Å². The Morgan fingerprint density at radius 1 is 1.47 bits per heavy atom. The zero-order valence-electron chi connectivity index (χ0n) is 8.41. The molecule has 0 fully saturated rings. The highest BCUT2D eigenvalue weighted by Crippen LogP contribution is 2.33. The molecule has 0 atom stereocenters. The molecule has 1 rings (SSSR count). The van der Waals surface area contributed by atoms with E-state index >= 15 is 0 Å². The molecule has 0 aromatic heterocycles. The number of hydrogen-bond acceptors (Lipinski definition) is 3. The van der Waals surface area contributed by atoms with Crippen LogP contribution >= 0.6 is 11.8 Å². The molecule has 0 aliphatic rings. The predicted octanol–water partition coefficient (Wildman–Crippen LogP) is 2.15. The van der Waals surface area contributed by atoms with Gasteiger partial charge in [-0.3, -0.25) is 4.79 Å². The van der Waals surface area contributed by atoms with E-state index in [1.807, 2.05) is 0 Å². The lowest BCUT2D eigenvalue weighted by atomic mass is 10.1. The van der Waals surface area contributed by atoms with Crippen molar-refractivity contribution in [2.24, 2.45) is 5.73 Å². The maximum Gasteiger partial charge on any atom is 0.417 e. The Morgan fingerprint density at radius 3 is 2.59 bits per heavy atom. The summed E-state index contributed by atoms with van der Waals surface area (Å²) in [6.07, 6.45) is -4.56. The summed E-state index contributed by atoms with van der Waals surface area (Å²) in [7, 11) is 0. The number of primary amides is 1. The van der Waals surface area contributed by atoms with E-state index in [9.17, 15) is 18.0 Å². The predicted molar refractivity (Wildman–Crippen MR) is 56.1 cm³/mol. The van der Waals surface area contributed by atoms with Crippen LogP contribution in [-0.2, 0) is 11.0 Å². The minimum Gasteiger partial charge on any atom is -0.369 e. The average molecular weight is 260 g/mol. The van der Waals surface area contributed by atoms with E-state index in [2.05, 4.69) is 0 Å². The molecule has 0 saturated heterocycles. The molecule has 0 radical (unpaired) electrons. The van der Waals surface area contributed by atoms with Crippen LogP contribution in [0.4, 0.5) is 13.2 Å². The zero-order chi connectivity index (χ0) is 13.1. The first kappa shape index (κ1) is 13.4. The number of amides is 1. The van der Waals surface area contributed by atoms with Crippen LogP contribution in [0, 0.1) is 11.3 Å². The third-order valence-electron chi connectivity index (χ3n) is 1.80. The second-order valence-corrected chi connectivity index (χ2v) is 4.12. The first-order valence-electron chi connectivity index (χ1n) is 4.37. The lowest BCUT2D eigenvalue weighted by Crippen LogP contribution is -2.13. The lowest BCUT2D eigenvalue weighted by Gasteiger charge is -2.09. The molecule has 0 saturated carbocycles. The van der Waals surface area contributed by atoms with Gasteiger partial charge in [0.15, 0.2) is 0 Å². The Bertz CT molecular complexity index is 479. The van der Waals surface area contributed by atoms with Gasteiger partial charge in [-0.2, -0.15) is 18.4 Å². The van der Waals surface area contributed by atoms with Crippen LogP contribution < -0.4 is 5.73 Å². The number of thioether (sulfide) groups is 1. The number of nitrogens with two attached hydrogens (primary N) is 1. The molecule has 0 aliphatic carbocycles. The second kappa shape index (κ2) is 5.10. The van der Waals surface area contributed by atoms with Crippen molar-refractivity contribution in [3.63, 3.8) is 0 Å². The molecule has 17 heavy (non-hydrogen) atoms. The highest BCUT2D eigenvalue weighted by Gasteiger charge is 2.33. The number of carbonyl (C=O) groups is 1. The first-order valence-corrected chi connectivity index (χ1v) is 5.35. The van der Waals surface area contributed by atoms with E-state index in [4.69, 9.17) is 11.0 Å². The summed E-state index contributed by atoms with van der Waals surface area (Å²) < 4.78 is 37.3. The van der Waals surface area contributed by atoms with Gasteiger partial charge in [0, 0.05) is 4.90 Å². The minimum atomic E-state index is -4.56. The molecule has 1 aromatic rings. The smallest absolute Gasteiger partial charge is 0.369 e. The van der Waals surface area contributed by atoms with Crippen molar-refractivity contribution in [3.05, 3.63) is 29.3 Å². The lowest BCUT2D eigenvalue weighted by molar-refractivity contribution is -0.137. The number of hydrogen-bond donors (Lipinski definition) is 1. The number of nitriles is 1. The molecule has 0 aliphatic heterocycles. The summed E-state index contributed by atoms with van der Waals surface area (Å²) in [4.78, 5) is 10.9. The summed E-state index contributed by atoms with van der Waals surface area (Å²) in [5, 5.41) is 8.63. The summed E-state index contributed by atoms with van der Waals surface area (Å²) in [6.45, 7) is 0. The first-order chi connectivity index (χ1) is 7.84. The van der Waals surface area contributed by atoms with E-state index in [0.29, 0.717) is 4.90 Å². The van der Waals surface area contributed by atoms with Crippen LogP contribution in [-0.4, -0.2) is 11.7 Å². The van der Waals surface area contributed by atoms with Crippen molar-refractivity contribution in [1.82, 2.24) is 0 Å². The summed E-state index contributed by atoms with van der Waals surface area (Å²) >= 11 is 0.984. The Kier molecular flexibility index (Phi) is 4.02. The topological polar surface area (TPSA) is 66.9 Å². The molecule has 1 amide bonds. The maximum absolute atomic E-state index is 12.4. The normalized spacial score (nSPS) is 10.9. The van der Waals surface area contributed by atoms with Crippen molar-refractivity contribution in [2.75, 3.05) is 5.75 Å².